The van der Waals surface area contributed by atoms with Gasteiger partial charge in [-0.25, -0.2) is 4.98 Å². The highest BCUT2D eigenvalue weighted by Gasteiger charge is 2.07. The van der Waals surface area contributed by atoms with Gasteiger partial charge in [-0.1, -0.05) is 18.2 Å². The van der Waals surface area contributed by atoms with E-state index in [9.17, 15) is 0 Å². The largest absolute Gasteiger partial charge is 0.266 e. The van der Waals surface area contributed by atoms with E-state index in [0.29, 0.717) is 6.54 Å². The van der Waals surface area contributed by atoms with Crippen LogP contribution in [0.4, 0.5) is 0 Å². The molecular weight excluding hydrogens is 318 g/mol. The van der Waals surface area contributed by atoms with Crippen LogP contribution in [0.3, 0.4) is 0 Å². The predicted molar refractivity (Wildman–Crippen MR) is 94.6 cm³/mol. The van der Waals surface area contributed by atoms with Crippen molar-refractivity contribution >= 4 is 11.3 Å². The zero-order chi connectivity index (χ0) is 16.4. The summed E-state index contributed by atoms with van der Waals surface area (Å²) in [5, 5.41) is 15.1. The number of hydrogen-bond acceptors (Lipinski definition) is 5. The number of rotatable bonds is 4. The summed E-state index contributed by atoms with van der Waals surface area (Å²) >= 11 is 1.60. The summed E-state index contributed by atoms with van der Waals surface area (Å²) in [5.41, 5.74) is 7.68. The Morgan fingerprint density at radius 1 is 1.00 bits per heavy atom. The van der Waals surface area contributed by atoms with Crippen molar-refractivity contribution in [3.63, 3.8) is 0 Å². The fourth-order valence-corrected chi connectivity index (χ4v) is 3.03. The van der Waals surface area contributed by atoms with Crippen molar-refractivity contribution in [1.29, 1.82) is 0 Å². The lowest BCUT2D eigenvalue weighted by Gasteiger charge is -2.03. The Balaban J connectivity index is 1.61. The number of aromatic nitrogens is 5. The molecule has 4 rings (SSSR count). The Bertz CT molecular complexity index is 942. The van der Waals surface area contributed by atoms with Crippen molar-refractivity contribution in [3.8, 4) is 22.5 Å². The van der Waals surface area contributed by atoms with Gasteiger partial charge in [0.25, 0.3) is 0 Å². The SMILES string of the molecule is Cc1ccc(-c2cccc(-c3ccn(Cc4cscn4)n3)c2)nn1. The van der Waals surface area contributed by atoms with E-state index in [1.807, 2.05) is 59.0 Å². The van der Waals surface area contributed by atoms with Crippen LogP contribution >= 0.6 is 11.3 Å². The van der Waals surface area contributed by atoms with Crippen LogP contribution in [0.5, 0.6) is 0 Å². The smallest absolute Gasteiger partial charge is 0.0930 e. The minimum atomic E-state index is 0.687. The minimum Gasteiger partial charge on any atom is -0.266 e. The molecule has 0 saturated carbocycles. The first kappa shape index (κ1) is 14.7. The first-order chi connectivity index (χ1) is 11.8. The summed E-state index contributed by atoms with van der Waals surface area (Å²) in [6.07, 6.45) is 1.98. The van der Waals surface area contributed by atoms with E-state index >= 15 is 0 Å². The van der Waals surface area contributed by atoms with E-state index in [1.165, 1.54) is 0 Å². The molecule has 0 unspecified atom stereocenters. The Kier molecular flexibility index (Phi) is 3.88. The minimum absolute atomic E-state index is 0.687. The van der Waals surface area contributed by atoms with Gasteiger partial charge in [-0.15, -0.1) is 11.3 Å². The fourth-order valence-electron chi connectivity index (χ4n) is 2.48. The Morgan fingerprint density at radius 2 is 1.88 bits per heavy atom. The third kappa shape index (κ3) is 3.09. The highest BCUT2D eigenvalue weighted by Crippen LogP contribution is 2.24. The third-order valence-electron chi connectivity index (χ3n) is 3.70. The standard InChI is InChI=1S/C18H15N5S/c1-13-5-6-17(21-20-13)14-3-2-4-15(9-14)18-7-8-23(22-18)10-16-11-24-12-19-16/h2-9,11-12H,10H2,1H3. The summed E-state index contributed by atoms with van der Waals surface area (Å²) in [4.78, 5) is 4.30. The molecule has 3 aromatic heterocycles. The molecule has 0 aliphatic rings. The van der Waals surface area contributed by atoms with Gasteiger partial charge in [-0.2, -0.15) is 15.3 Å². The van der Waals surface area contributed by atoms with Crippen molar-refractivity contribution in [1.82, 2.24) is 25.0 Å². The molecule has 3 heterocycles. The van der Waals surface area contributed by atoms with Crippen molar-refractivity contribution < 1.29 is 0 Å². The molecular formula is C18H15N5S. The molecule has 4 aromatic rings. The van der Waals surface area contributed by atoms with Crippen LogP contribution < -0.4 is 0 Å². The maximum atomic E-state index is 4.65. The quantitative estimate of drug-likeness (QED) is 0.570. The molecule has 0 N–H and O–H groups in total. The lowest BCUT2D eigenvalue weighted by atomic mass is 10.1. The lowest BCUT2D eigenvalue weighted by molar-refractivity contribution is 0.678. The van der Waals surface area contributed by atoms with Crippen LogP contribution in [-0.4, -0.2) is 25.0 Å². The lowest BCUT2D eigenvalue weighted by Crippen LogP contribution is -2.00. The van der Waals surface area contributed by atoms with E-state index in [2.05, 4.69) is 32.4 Å². The number of nitrogens with zero attached hydrogens (tertiary/aromatic N) is 5. The average Bonchev–Trinajstić information content (AvgIpc) is 3.28. The molecule has 0 bridgehead atoms. The van der Waals surface area contributed by atoms with Gasteiger partial charge in [-0.3, -0.25) is 4.68 Å². The van der Waals surface area contributed by atoms with Crippen molar-refractivity contribution in [2.75, 3.05) is 0 Å². The van der Waals surface area contributed by atoms with Crippen LogP contribution in [0.15, 0.2) is 59.6 Å². The van der Waals surface area contributed by atoms with Crippen LogP contribution in [0, 0.1) is 6.92 Å². The van der Waals surface area contributed by atoms with E-state index in [0.717, 1.165) is 33.9 Å². The zero-order valence-corrected chi connectivity index (χ0v) is 13.9. The second-order valence-electron chi connectivity index (χ2n) is 5.52. The van der Waals surface area contributed by atoms with Gasteiger partial charge in [0.05, 0.1) is 34.8 Å². The summed E-state index contributed by atoms with van der Waals surface area (Å²) in [6.45, 7) is 2.62. The van der Waals surface area contributed by atoms with Gasteiger partial charge in [0.1, 0.15) is 0 Å². The summed E-state index contributed by atoms with van der Waals surface area (Å²) < 4.78 is 1.91. The Labute approximate surface area is 143 Å². The summed E-state index contributed by atoms with van der Waals surface area (Å²) in [7, 11) is 0. The molecule has 6 heteroatoms. The van der Waals surface area contributed by atoms with E-state index in [-0.39, 0.29) is 0 Å². The highest BCUT2D eigenvalue weighted by atomic mass is 32.1. The van der Waals surface area contributed by atoms with Crippen molar-refractivity contribution in [2.45, 2.75) is 13.5 Å². The number of aryl methyl sites for hydroxylation is 1. The molecule has 0 saturated heterocycles. The van der Waals surface area contributed by atoms with Crippen LogP contribution in [0.1, 0.15) is 11.4 Å². The van der Waals surface area contributed by atoms with Gasteiger partial charge >= 0.3 is 0 Å². The second kappa shape index (κ2) is 6.33. The van der Waals surface area contributed by atoms with Gasteiger partial charge < -0.3 is 0 Å². The number of hydrogen-bond donors (Lipinski definition) is 0. The number of benzene rings is 1. The fraction of sp³-hybridized carbons (Fsp3) is 0.111. The molecule has 1 aromatic carbocycles. The Morgan fingerprint density at radius 3 is 2.62 bits per heavy atom. The first-order valence-electron chi connectivity index (χ1n) is 7.59. The normalized spacial score (nSPS) is 10.9. The number of thiazole rings is 1. The predicted octanol–water partition coefficient (Wildman–Crippen LogP) is 3.82. The maximum Gasteiger partial charge on any atom is 0.0930 e. The molecule has 0 spiro atoms. The highest BCUT2D eigenvalue weighted by molar-refractivity contribution is 7.07. The molecule has 0 fully saturated rings. The third-order valence-corrected chi connectivity index (χ3v) is 4.34. The van der Waals surface area contributed by atoms with E-state index in [1.54, 1.807) is 11.3 Å². The van der Waals surface area contributed by atoms with Gasteiger partial charge in [0.2, 0.25) is 0 Å². The zero-order valence-electron chi connectivity index (χ0n) is 13.1. The first-order valence-corrected chi connectivity index (χ1v) is 8.54. The second-order valence-corrected chi connectivity index (χ2v) is 6.24. The van der Waals surface area contributed by atoms with Crippen LogP contribution in [0.25, 0.3) is 22.5 Å². The molecule has 0 aliphatic carbocycles. The topological polar surface area (TPSA) is 56.5 Å². The van der Waals surface area contributed by atoms with Crippen molar-refractivity contribution in [2.24, 2.45) is 0 Å². The average molecular weight is 333 g/mol. The van der Waals surface area contributed by atoms with Gasteiger partial charge in [-0.05, 0) is 31.2 Å². The molecule has 118 valence electrons. The van der Waals surface area contributed by atoms with E-state index in [4.69, 9.17) is 0 Å². The molecule has 0 aliphatic heterocycles. The van der Waals surface area contributed by atoms with Gasteiger partial charge in [0, 0.05) is 22.7 Å². The molecule has 0 radical (unpaired) electrons. The van der Waals surface area contributed by atoms with Gasteiger partial charge in [0.15, 0.2) is 0 Å². The molecule has 0 atom stereocenters. The molecule has 5 nitrogen and oxygen atoms in total. The summed E-state index contributed by atoms with van der Waals surface area (Å²) in [5.74, 6) is 0. The molecule has 0 amide bonds. The van der Waals surface area contributed by atoms with Crippen LogP contribution in [-0.2, 0) is 6.54 Å². The Hall–Kier alpha value is -2.86. The maximum absolute atomic E-state index is 4.65. The molecule has 24 heavy (non-hydrogen) atoms. The van der Waals surface area contributed by atoms with Crippen LogP contribution in [0.2, 0.25) is 0 Å². The van der Waals surface area contributed by atoms with Crippen molar-refractivity contribution in [3.05, 3.63) is 70.9 Å². The van der Waals surface area contributed by atoms with E-state index < -0.39 is 0 Å². The monoisotopic (exact) mass is 333 g/mol. The summed E-state index contributed by atoms with van der Waals surface area (Å²) in [6, 6.07) is 14.2.